The van der Waals surface area contributed by atoms with Crippen molar-refractivity contribution in [3.8, 4) is 11.1 Å². The summed E-state index contributed by atoms with van der Waals surface area (Å²) >= 11 is 1.43. The van der Waals surface area contributed by atoms with E-state index in [0.717, 1.165) is 11.1 Å². The van der Waals surface area contributed by atoms with Gasteiger partial charge in [0.2, 0.25) is 5.78 Å². The van der Waals surface area contributed by atoms with Crippen molar-refractivity contribution in [3.05, 3.63) is 75.5 Å². The predicted molar refractivity (Wildman–Crippen MR) is 102 cm³/mol. The van der Waals surface area contributed by atoms with Crippen LogP contribution in [0.4, 0.5) is 0 Å². The van der Waals surface area contributed by atoms with Crippen LogP contribution in [-0.2, 0) is 6.54 Å². The number of ketones is 1. The van der Waals surface area contributed by atoms with Crippen LogP contribution in [0.2, 0.25) is 0 Å². The van der Waals surface area contributed by atoms with Crippen LogP contribution in [0.1, 0.15) is 21.7 Å². The molecule has 0 bridgehead atoms. The number of carbonyl (C=O) groups excluding carboxylic acids is 1. The largest absolute Gasteiger partial charge is 0.461 e. The maximum atomic E-state index is 13.0. The molecule has 3 aromatic heterocycles. The van der Waals surface area contributed by atoms with E-state index in [4.69, 9.17) is 4.42 Å². The van der Waals surface area contributed by atoms with Crippen molar-refractivity contribution in [1.82, 2.24) is 9.55 Å². The van der Waals surface area contributed by atoms with Gasteiger partial charge >= 0.3 is 0 Å². The van der Waals surface area contributed by atoms with Crippen LogP contribution < -0.4 is 5.56 Å². The number of Topliss-reactive ketones (excluding diaryl/α,β-unsaturated/α-hetero) is 1. The molecule has 5 nitrogen and oxygen atoms in total. The number of thiophene rings is 1. The molecule has 6 heteroatoms. The number of benzene rings is 1. The van der Waals surface area contributed by atoms with Crippen molar-refractivity contribution in [1.29, 1.82) is 0 Å². The number of aryl methyl sites for hydroxylation is 2. The van der Waals surface area contributed by atoms with Crippen LogP contribution in [0.25, 0.3) is 21.3 Å². The van der Waals surface area contributed by atoms with Gasteiger partial charge in [0, 0.05) is 10.9 Å². The highest BCUT2D eigenvalue weighted by molar-refractivity contribution is 7.17. The van der Waals surface area contributed by atoms with Crippen molar-refractivity contribution < 1.29 is 9.21 Å². The molecule has 0 N–H and O–H groups in total. The van der Waals surface area contributed by atoms with Crippen LogP contribution in [0.5, 0.6) is 0 Å². The van der Waals surface area contributed by atoms with E-state index in [2.05, 4.69) is 18.0 Å². The van der Waals surface area contributed by atoms with Gasteiger partial charge in [-0.2, -0.15) is 0 Å². The van der Waals surface area contributed by atoms with E-state index in [1.165, 1.54) is 39.6 Å². The highest BCUT2D eigenvalue weighted by Crippen LogP contribution is 2.31. The van der Waals surface area contributed by atoms with E-state index in [0.29, 0.717) is 10.2 Å². The molecule has 0 aliphatic rings. The molecule has 0 atom stereocenters. The van der Waals surface area contributed by atoms with Crippen molar-refractivity contribution in [2.75, 3.05) is 0 Å². The summed E-state index contributed by atoms with van der Waals surface area (Å²) in [5, 5.41) is 2.50. The minimum atomic E-state index is -0.263. The third kappa shape index (κ3) is 2.78. The molecular weight excluding hydrogens is 348 g/mol. The molecule has 4 rings (SSSR count). The fraction of sp³-hybridized carbons (Fsp3) is 0.150. The van der Waals surface area contributed by atoms with Crippen LogP contribution in [0, 0.1) is 13.8 Å². The first-order valence-electron chi connectivity index (χ1n) is 8.15. The van der Waals surface area contributed by atoms with Crippen molar-refractivity contribution in [3.63, 3.8) is 0 Å². The van der Waals surface area contributed by atoms with Gasteiger partial charge in [0.05, 0.1) is 24.5 Å². The molecule has 0 saturated heterocycles. The second-order valence-electron chi connectivity index (χ2n) is 6.21. The Balaban J connectivity index is 1.80. The Morgan fingerprint density at radius 3 is 2.81 bits per heavy atom. The fourth-order valence-electron chi connectivity index (χ4n) is 2.87. The van der Waals surface area contributed by atoms with E-state index in [1.807, 2.05) is 24.4 Å². The fourth-order valence-corrected chi connectivity index (χ4v) is 3.78. The van der Waals surface area contributed by atoms with Crippen LogP contribution in [0.3, 0.4) is 0 Å². The Morgan fingerprint density at radius 1 is 1.23 bits per heavy atom. The van der Waals surface area contributed by atoms with E-state index in [1.54, 1.807) is 12.1 Å². The van der Waals surface area contributed by atoms with Gasteiger partial charge in [-0.05, 0) is 42.7 Å². The Labute approximate surface area is 153 Å². The molecule has 0 fully saturated rings. The summed E-state index contributed by atoms with van der Waals surface area (Å²) in [4.78, 5) is 30.3. The Kier molecular flexibility index (Phi) is 4.05. The first-order chi connectivity index (χ1) is 12.5. The number of furan rings is 1. The molecule has 0 amide bonds. The second kappa shape index (κ2) is 6.38. The first-order valence-corrected chi connectivity index (χ1v) is 9.03. The molecule has 0 aliphatic heterocycles. The van der Waals surface area contributed by atoms with Crippen LogP contribution >= 0.6 is 11.3 Å². The number of hydrogen-bond donors (Lipinski definition) is 0. The van der Waals surface area contributed by atoms with Gasteiger partial charge in [-0.25, -0.2) is 4.98 Å². The topological polar surface area (TPSA) is 65.1 Å². The first kappa shape index (κ1) is 16.5. The highest BCUT2D eigenvalue weighted by atomic mass is 32.1. The van der Waals surface area contributed by atoms with Gasteiger partial charge in [0.25, 0.3) is 5.56 Å². The van der Waals surface area contributed by atoms with Crippen molar-refractivity contribution >= 4 is 27.3 Å². The zero-order valence-corrected chi connectivity index (χ0v) is 15.2. The quantitative estimate of drug-likeness (QED) is 0.509. The third-order valence-electron chi connectivity index (χ3n) is 4.49. The molecular formula is C20H16N2O3S. The summed E-state index contributed by atoms with van der Waals surface area (Å²) < 4.78 is 6.45. The van der Waals surface area contributed by atoms with Gasteiger partial charge in [0.1, 0.15) is 4.83 Å². The minimum absolute atomic E-state index is 0.0997. The number of fused-ring (bicyclic) bond motifs is 1. The molecule has 0 radical (unpaired) electrons. The lowest BCUT2D eigenvalue weighted by Crippen LogP contribution is -2.24. The molecule has 26 heavy (non-hydrogen) atoms. The summed E-state index contributed by atoms with van der Waals surface area (Å²) in [5.74, 6) is -0.0297. The summed E-state index contributed by atoms with van der Waals surface area (Å²) in [6, 6.07) is 9.36. The third-order valence-corrected chi connectivity index (χ3v) is 5.37. The SMILES string of the molecule is Cc1ccc(-c2csc3ncn(CC(=O)c4ccco4)c(=O)c23)cc1C. The normalized spacial score (nSPS) is 11.2. The number of aromatic nitrogens is 2. The number of rotatable bonds is 4. The molecule has 0 spiro atoms. The van der Waals surface area contributed by atoms with Crippen molar-refractivity contribution in [2.45, 2.75) is 20.4 Å². The molecule has 1 aromatic carbocycles. The van der Waals surface area contributed by atoms with Crippen LogP contribution in [-0.4, -0.2) is 15.3 Å². The van der Waals surface area contributed by atoms with Crippen molar-refractivity contribution in [2.24, 2.45) is 0 Å². The second-order valence-corrected chi connectivity index (χ2v) is 7.06. The molecule has 0 aliphatic carbocycles. The standard InChI is InChI=1S/C20H16N2O3S/c1-12-5-6-14(8-13(12)2)15-10-26-19-18(15)20(24)22(11-21-19)9-16(23)17-4-3-7-25-17/h3-8,10-11H,9H2,1-2H3. The van der Waals surface area contributed by atoms with Gasteiger partial charge in [-0.1, -0.05) is 18.2 Å². The van der Waals surface area contributed by atoms with E-state index < -0.39 is 0 Å². The molecule has 0 saturated carbocycles. The monoisotopic (exact) mass is 364 g/mol. The van der Waals surface area contributed by atoms with E-state index >= 15 is 0 Å². The molecule has 0 unspecified atom stereocenters. The number of hydrogen-bond acceptors (Lipinski definition) is 5. The van der Waals surface area contributed by atoms with Crippen LogP contribution in [0.15, 0.2) is 57.5 Å². The molecule has 4 aromatic rings. The smallest absolute Gasteiger partial charge is 0.263 e. The lowest BCUT2D eigenvalue weighted by Gasteiger charge is -2.06. The predicted octanol–water partition coefficient (Wildman–Crippen LogP) is 4.22. The summed E-state index contributed by atoms with van der Waals surface area (Å²) in [6.07, 6.45) is 2.86. The number of nitrogens with zero attached hydrogens (tertiary/aromatic N) is 2. The van der Waals surface area contributed by atoms with E-state index in [-0.39, 0.29) is 23.6 Å². The Hall–Kier alpha value is -2.99. The lowest BCUT2D eigenvalue weighted by molar-refractivity contribution is 0.0943. The summed E-state index contributed by atoms with van der Waals surface area (Å²) in [6.45, 7) is 4.00. The summed E-state index contributed by atoms with van der Waals surface area (Å²) in [7, 11) is 0. The maximum Gasteiger partial charge on any atom is 0.263 e. The number of carbonyl (C=O) groups is 1. The zero-order chi connectivity index (χ0) is 18.3. The van der Waals surface area contributed by atoms with E-state index in [9.17, 15) is 9.59 Å². The highest BCUT2D eigenvalue weighted by Gasteiger charge is 2.16. The van der Waals surface area contributed by atoms with Gasteiger partial charge in [0.15, 0.2) is 5.76 Å². The lowest BCUT2D eigenvalue weighted by atomic mass is 10.0. The summed E-state index contributed by atoms with van der Waals surface area (Å²) in [5.41, 5.74) is 3.98. The average Bonchev–Trinajstić information content (AvgIpc) is 3.29. The average molecular weight is 364 g/mol. The molecule has 130 valence electrons. The molecule has 3 heterocycles. The Bertz CT molecular complexity index is 1170. The Morgan fingerprint density at radius 2 is 2.08 bits per heavy atom. The minimum Gasteiger partial charge on any atom is -0.461 e. The maximum absolute atomic E-state index is 13.0. The zero-order valence-electron chi connectivity index (χ0n) is 14.4. The van der Waals surface area contributed by atoms with Gasteiger partial charge in [-0.15, -0.1) is 11.3 Å². The van der Waals surface area contributed by atoms with Gasteiger partial charge in [-0.3, -0.25) is 14.2 Å². The van der Waals surface area contributed by atoms with Gasteiger partial charge < -0.3 is 4.42 Å².